The third kappa shape index (κ3) is 27.1. The molecule has 0 saturated carbocycles. The van der Waals surface area contributed by atoms with E-state index in [4.69, 9.17) is 19.7 Å². The first-order valence-corrected chi connectivity index (χ1v) is 14.5. The highest BCUT2D eigenvalue weighted by atomic mass is 16.5. The van der Waals surface area contributed by atoms with Gasteiger partial charge in [-0.2, -0.15) is 0 Å². The molecule has 0 radical (unpaired) electrons. The third-order valence-corrected chi connectivity index (χ3v) is 5.97. The summed E-state index contributed by atoms with van der Waals surface area (Å²) in [4.78, 5) is 23.5. The van der Waals surface area contributed by atoms with Gasteiger partial charge in [0.2, 0.25) is 11.8 Å². The van der Waals surface area contributed by atoms with E-state index in [9.17, 15) is 9.59 Å². The molecule has 0 fully saturated rings. The van der Waals surface area contributed by atoms with E-state index >= 15 is 0 Å². The molecule has 220 valence electrons. The van der Waals surface area contributed by atoms with Crippen LogP contribution in [0.4, 0.5) is 0 Å². The zero-order valence-electron chi connectivity index (χ0n) is 24.0. The summed E-state index contributed by atoms with van der Waals surface area (Å²) in [7, 11) is 0. The van der Waals surface area contributed by atoms with Crippen molar-refractivity contribution >= 4 is 11.8 Å². The molecule has 0 aliphatic heterocycles. The van der Waals surface area contributed by atoms with Crippen molar-refractivity contribution < 1.29 is 29.3 Å². The largest absolute Gasteiger partial charge is 0.394 e. The lowest BCUT2D eigenvalue weighted by atomic mass is 10.1. The molecule has 4 N–H and O–H groups in total. The first kappa shape index (κ1) is 36.0. The Balaban J connectivity index is 3.69. The summed E-state index contributed by atoms with van der Waals surface area (Å²) in [6, 6.07) is 0. The number of carbonyl (C=O) groups excluding carboxylic acids is 2. The lowest BCUT2D eigenvalue weighted by Gasteiger charge is -2.06. The summed E-state index contributed by atoms with van der Waals surface area (Å²) in [6.45, 7) is 6.83. The molecule has 0 aromatic carbocycles. The quantitative estimate of drug-likeness (QED) is 0.0739. The monoisotopic (exact) mass is 538 g/mol. The van der Waals surface area contributed by atoms with Crippen molar-refractivity contribution in [3.8, 4) is 0 Å². The van der Waals surface area contributed by atoms with Gasteiger partial charge in [0.1, 0.15) is 0 Å². The van der Waals surface area contributed by atoms with Gasteiger partial charge in [0.15, 0.2) is 0 Å². The Bertz CT molecular complexity index is 686. The fourth-order valence-electron chi connectivity index (χ4n) is 3.77. The number of hydrogen-bond acceptors (Lipinski definition) is 6. The summed E-state index contributed by atoms with van der Waals surface area (Å²) in [5, 5.41) is 22.9. The lowest BCUT2D eigenvalue weighted by molar-refractivity contribution is -0.122. The first-order chi connectivity index (χ1) is 18.5. The van der Waals surface area contributed by atoms with Gasteiger partial charge < -0.3 is 30.3 Å². The van der Waals surface area contributed by atoms with E-state index < -0.39 is 0 Å². The summed E-state index contributed by atoms with van der Waals surface area (Å²) < 4.78 is 10.2. The SMILES string of the molecule is CC(=C=CC/C=C(\C)CCCCCCC(=O)NCCOCCO)CCCCCCC(=O)NCCOCCO. The summed E-state index contributed by atoms with van der Waals surface area (Å²) >= 11 is 0. The van der Waals surface area contributed by atoms with E-state index in [1.807, 2.05) is 0 Å². The summed E-state index contributed by atoms with van der Waals surface area (Å²) in [5.41, 5.74) is 6.08. The van der Waals surface area contributed by atoms with Crippen molar-refractivity contribution in [2.75, 3.05) is 52.7 Å². The van der Waals surface area contributed by atoms with Crippen LogP contribution in [-0.2, 0) is 19.1 Å². The molecule has 0 aromatic rings. The summed E-state index contributed by atoms with van der Waals surface area (Å²) in [6.07, 6.45) is 17.0. The van der Waals surface area contributed by atoms with E-state index in [1.54, 1.807) is 0 Å². The van der Waals surface area contributed by atoms with Crippen LogP contribution in [0.5, 0.6) is 0 Å². The van der Waals surface area contributed by atoms with Gasteiger partial charge >= 0.3 is 0 Å². The standard InChI is InChI=1S/C30H54N2O6/c1-27(13-7-3-5-9-17-29(35)31-19-23-37-25-21-33)15-11-12-16-28(2)14-8-4-6-10-18-30(36)32-20-24-38-26-22-34/h11,16,33-34H,3-10,12-14,17-26H2,1-2H3,(H,31,35)(H,32,36)/b28-16+. The van der Waals surface area contributed by atoms with E-state index in [1.165, 1.54) is 11.1 Å². The van der Waals surface area contributed by atoms with Crippen LogP contribution in [0.25, 0.3) is 0 Å². The van der Waals surface area contributed by atoms with Crippen molar-refractivity contribution in [2.24, 2.45) is 0 Å². The molecule has 38 heavy (non-hydrogen) atoms. The van der Waals surface area contributed by atoms with E-state index in [0.717, 1.165) is 70.6 Å². The summed E-state index contributed by atoms with van der Waals surface area (Å²) in [5.74, 6) is 0.139. The minimum absolute atomic E-state index is 0.00742. The molecule has 0 atom stereocenters. The molecule has 0 aromatic heterocycles. The predicted molar refractivity (Wildman–Crippen MR) is 153 cm³/mol. The molecule has 0 bridgehead atoms. The zero-order valence-corrected chi connectivity index (χ0v) is 24.0. The van der Waals surface area contributed by atoms with Crippen LogP contribution in [0.2, 0.25) is 0 Å². The maximum absolute atomic E-state index is 11.7. The molecule has 8 nitrogen and oxygen atoms in total. The van der Waals surface area contributed by atoms with Gasteiger partial charge in [-0.1, -0.05) is 37.3 Å². The zero-order chi connectivity index (χ0) is 28.1. The fraction of sp³-hybridized carbons (Fsp3) is 0.767. The van der Waals surface area contributed by atoms with E-state index in [0.29, 0.717) is 52.4 Å². The highest BCUT2D eigenvalue weighted by molar-refractivity contribution is 5.76. The van der Waals surface area contributed by atoms with Gasteiger partial charge in [-0.25, -0.2) is 0 Å². The number of ether oxygens (including phenoxy) is 2. The Kier molecular flexibility index (Phi) is 26.6. The number of aliphatic hydroxyl groups is 2. The van der Waals surface area contributed by atoms with Crippen LogP contribution in [0.1, 0.15) is 97.3 Å². The van der Waals surface area contributed by atoms with Crippen molar-refractivity contribution in [3.05, 3.63) is 29.0 Å². The van der Waals surface area contributed by atoms with Crippen LogP contribution in [0.15, 0.2) is 29.0 Å². The van der Waals surface area contributed by atoms with Crippen LogP contribution in [0, 0.1) is 0 Å². The van der Waals surface area contributed by atoms with Crippen molar-refractivity contribution in [3.63, 3.8) is 0 Å². The Hall–Kier alpha value is -1.96. The Morgan fingerprint density at radius 3 is 1.66 bits per heavy atom. The maximum Gasteiger partial charge on any atom is 0.220 e. The number of amides is 2. The number of hydrogen-bond donors (Lipinski definition) is 4. The Labute approximate surface area is 230 Å². The van der Waals surface area contributed by atoms with Gasteiger partial charge in [0, 0.05) is 25.9 Å². The second kappa shape index (κ2) is 28.1. The molecule has 0 unspecified atom stereocenters. The number of unbranched alkanes of at least 4 members (excludes halogenated alkanes) is 6. The molecule has 2 amide bonds. The molecule has 0 aliphatic rings. The number of allylic oxidation sites excluding steroid dienone is 3. The van der Waals surface area contributed by atoms with Crippen molar-refractivity contribution in [2.45, 2.75) is 97.3 Å². The topological polar surface area (TPSA) is 117 Å². The number of rotatable bonds is 26. The number of carbonyl (C=O) groups is 2. The molecule has 0 heterocycles. The van der Waals surface area contributed by atoms with Crippen molar-refractivity contribution in [1.29, 1.82) is 0 Å². The molecule has 0 rings (SSSR count). The lowest BCUT2D eigenvalue weighted by Crippen LogP contribution is -2.27. The van der Waals surface area contributed by atoms with Crippen LogP contribution in [0.3, 0.4) is 0 Å². The average molecular weight is 539 g/mol. The molecule has 0 aliphatic carbocycles. The Morgan fingerprint density at radius 2 is 1.16 bits per heavy atom. The van der Waals surface area contributed by atoms with E-state index in [2.05, 4.69) is 42.4 Å². The number of aliphatic hydroxyl groups excluding tert-OH is 2. The van der Waals surface area contributed by atoms with Crippen LogP contribution < -0.4 is 10.6 Å². The second-order valence-electron chi connectivity index (χ2n) is 9.62. The van der Waals surface area contributed by atoms with Crippen LogP contribution in [-0.4, -0.2) is 74.8 Å². The third-order valence-electron chi connectivity index (χ3n) is 5.97. The average Bonchev–Trinajstić information content (AvgIpc) is 2.90. The highest BCUT2D eigenvalue weighted by Crippen LogP contribution is 2.12. The van der Waals surface area contributed by atoms with Crippen LogP contribution >= 0.6 is 0 Å². The second-order valence-corrected chi connectivity index (χ2v) is 9.62. The Morgan fingerprint density at radius 1 is 0.684 bits per heavy atom. The molecular formula is C30H54N2O6. The minimum atomic E-state index is 0.00742. The fourth-order valence-corrected chi connectivity index (χ4v) is 3.77. The number of nitrogens with one attached hydrogen (secondary N) is 2. The van der Waals surface area contributed by atoms with E-state index in [-0.39, 0.29) is 25.0 Å². The molecular weight excluding hydrogens is 484 g/mol. The van der Waals surface area contributed by atoms with Gasteiger partial charge in [-0.3, -0.25) is 9.59 Å². The van der Waals surface area contributed by atoms with Gasteiger partial charge in [-0.15, -0.1) is 5.73 Å². The van der Waals surface area contributed by atoms with Gasteiger partial charge in [0.05, 0.1) is 39.6 Å². The smallest absolute Gasteiger partial charge is 0.220 e. The van der Waals surface area contributed by atoms with Gasteiger partial charge in [0.25, 0.3) is 0 Å². The normalized spacial score (nSPS) is 11.2. The first-order valence-electron chi connectivity index (χ1n) is 14.5. The van der Waals surface area contributed by atoms with Gasteiger partial charge in [-0.05, 0) is 70.4 Å². The predicted octanol–water partition coefficient (Wildman–Crippen LogP) is 4.36. The molecule has 0 saturated heterocycles. The van der Waals surface area contributed by atoms with Crippen molar-refractivity contribution in [1.82, 2.24) is 10.6 Å². The molecule has 8 heteroatoms. The molecule has 0 spiro atoms. The highest BCUT2D eigenvalue weighted by Gasteiger charge is 2.02. The minimum Gasteiger partial charge on any atom is -0.394 e. The maximum atomic E-state index is 11.7.